The molecule has 0 bridgehead atoms. The fourth-order valence-electron chi connectivity index (χ4n) is 3.35. The van der Waals surface area contributed by atoms with Crippen molar-refractivity contribution < 1.29 is 0 Å². The minimum atomic E-state index is 0.838. The SMILES string of the molecule is CCC1CCC(CNc2ccnc3ccccc23)CC1. The summed E-state index contributed by atoms with van der Waals surface area (Å²) in [5.74, 6) is 1.82. The molecule has 20 heavy (non-hydrogen) atoms. The Hall–Kier alpha value is -1.57. The molecule has 0 atom stereocenters. The molecule has 2 heteroatoms. The van der Waals surface area contributed by atoms with Crippen LogP contribution in [0.4, 0.5) is 5.69 Å². The number of fused-ring (bicyclic) bond motifs is 1. The van der Waals surface area contributed by atoms with E-state index in [4.69, 9.17) is 0 Å². The summed E-state index contributed by atoms with van der Waals surface area (Å²) in [6.45, 7) is 3.43. The van der Waals surface area contributed by atoms with E-state index in [0.717, 1.165) is 23.9 Å². The Morgan fingerprint density at radius 3 is 2.60 bits per heavy atom. The van der Waals surface area contributed by atoms with E-state index in [-0.39, 0.29) is 0 Å². The maximum absolute atomic E-state index is 4.42. The van der Waals surface area contributed by atoms with Crippen LogP contribution >= 0.6 is 0 Å². The van der Waals surface area contributed by atoms with E-state index in [1.807, 2.05) is 12.3 Å². The second-order valence-electron chi connectivity index (χ2n) is 6.05. The van der Waals surface area contributed by atoms with Gasteiger partial charge in [0.2, 0.25) is 0 Å². The molecule has 0 saturated heterocycles. The second-order valence-corrected chi connectivity index (χ2v) is 6.05. The van der Waals surface area contributed by atoms with Crippen LogP contribution in [0.1, 0.15) is 39.0 Å². The van der Waals surface area contributed by atoms with E-state index >= 15 is 0 Å². The van der Waals surface area contributed by atoms with E-state index in [2.05, 4.69) is 41.5 Å². The third-order valence-corrected chi connectivity index (χ3v) is 4.77. The van der Waals surface area contributed by atoms with E-state index < -0.39 is 0 Å². The molecule has 0 spiro atoms. The number of hydrogen-bond acceptors (Lipinski definition) is 2. The first kappa shape index (κ1) is 13.4. The van der Waals surface area contributed by atoms with Crippen molar-refractivity contribution in [2.45, 2.75) is 39.0 Å². The normalized spacial score (nSPS) is 22.9. The Labute approximate surface area is 121 Å². The fourth-order valence-corrected chi connectivity index (χ4v) is 3.35. The topological polar surface area (TPSA) is 24.9 Å². The molecule has 1 N–H and O–H groups in total. The molecule has 2 nitrogen and oxygen atoms in total. The van der Waals surface area contributed by atoms with Crippen molar-refractivity contribution in [2.24, 2.45) is 11.8 Å². The third kappa shape index (κ3) is 2.95. The van der Waals surface area contributed by atoms with Crippen molar-refractivity contribution in [3.8, 4) is 0 Å². The standard InChI is InChI=1S/C18H24N2/c1-2-14-7-9-15(10-8-14)13-20-18-11-12-19-17-6-4-3-5-16(17)18/h3-6,11-12,14-15H,2,7-10,13H2,1H3,(H,19,20). The van der Waals surface area contributed by atoms with Crippen LogP contribution in [0.2, 0.25) is 0 Å². The van der Waals surface area contributed by atoms with Gasteiger partial charge < -0.3 is 5.32 Å². The molecule has 0 unspecified atom stereocenters. The van der Waals surface area contributed by atoms with E-state index in [9.17, 15) is 0 Å². The van der Waals surface area contributed by atoms with Gasteiger partial charge in [-0.1, -0.05) is 44.4 Å². The maximum Gasteiger partial charge on any atom is 0.0722 e. The Morgan fingerprint density at radius 1 is 1.05 bits per heavy atom. The molecule has 1 saturated carbocycles. The summed E-state index contributed by atoms with van der Waals surface area (Å²) in [5, 5.41) is 4.88. The van der Waals surface area contributed by atoms with Gasteiger partial charge in [-0.15, -0.1) is 0 Å². The van der Waals surface area contributed by atoms with E-state index in [1.165, 1.54) is 43.2 Å². The lowest BCUT2D eigenvalue weighted by atomic mass is 9.81. The Balaban J connectivity index is 1.63. The van der Waals surface area contributed by atoms with Gasteiger partial charge in [-0.3, -0.25) is 4.98 Å². The number of pyridine rings is 1. The summed E-state index contributed by atoms with van der Waals surface area (Å²) >= 11 is 0. The molecule has 0 aliphatic heterocycles. The van der Waals surface area contributed by atoms with Crippen molar-refractivity contribution in [2.75, 3.05) is 11.9 Å². The smallest absolute Gasteiger partial charge is 0.0722 e. The van der Waals surface area contributed by atoms with Gasteiger partial charge in [0.1, 0.15) is 0 Å². The highest BCUT2D eigenvalue weighted by molar-refractivity contribution is 5.90. The predicted molar refractivity (Wildman–Crippen MR) is 86.0 cm³/mol. The number of hydrogen-bond donors (Lipinski definition) is 1. The maximum atomic E-state index is 4.42. The third-order valence-electron chi connectivity index (χ3n) is 4.77. The molecular weight excluding hydrogens is 244 g/mol. The number of anilines is 1. The molecule has 1 aliphatic carbocycles. The van der Waals surface area contributed by atoms with Gasteiger partial charge in [0.15, 0.2) is 0 Å². The van der Waals surface area contributed by atoms with Crippen LogP contribution in [0, 0.1) is 11.8 Å². The lowest BCUT2D eigenvalue weighted by Gasteiger charge is -2.28. The Kier molecular flexibility index (Phi) is 4.19. The number of para-hydroxylation sites is 1. The van der Waals surface area contributed by atoms with Crippen LogP contribution < -0.4 is 5.32 Å². The first-order chi connectivity index (χ1) is 9.86. The van der Waals surface area contributed by atoms with Crippen molar-refractivity contribution in [1.82, 2.24) is 4.98 Å². The molecule has 2 aromatic rings. The van der Waals surface area contributed by atoms with Crippen LogP contribution in [-0.4, -0.2) is 11.5 Å². The summed E-state index contributed by atoms with van der Waals surface area (Å²) in [6, 6.07) is 10.5. The van der Waals surface area contributed by atoms with Gasteiger partial charge in [0.05, 0.1) is 5.52 Å². The van der Waals surface area contributed by atoms with Crippen LogP contribution in [0.15, 0.2) is 36.5 Å². The van der Waals surface area contributed by atoms with Crippen LogP contribution in [0.25, 0.3) is 10.9 Å². The van der Waals surface area contributed by atoms with Crippen molar-refractivity contribution in [1.29, 1.82) is 0 Å². The van der Waals surface area contributed by atoms with Crippen molar-refractivity contribution in [3.05, 3.63) is 36.5 Å². The van der Waals surface area contributed by atoms with Crippen LogP contribution in [0.5, 0.6) is 0 Å². The van der Waals surface area contributed by atoms with Gasteiger partial charge in [-0.05, 0) is 36.8 Å². The molecular formula is C18H24N2. The summed E-state index contributed by atoms with van der Waals surface area (Å²) < 4.78 is 0. The lowest BCUT2D eigenvalue weighted by Crippen LogP contribution is -2.21. The van der Waals surface area contributed by atoms with Gasteiger partial charge in [-0.2, -0.15) is 0 Å². The quantitative estimate of drug-likeness (QED) is 0.856. The zero-order chi connectivity index (χ0) is 13.8. The highest BCUT2D eigenvalue weighted by Crippen LogP contribution is 2.31. The highest BCUT2D eigenvalue weighted by Gasteiger charge is 2.19. The molecule has 1 aromatic carbocycles. The van der Waals surface area contributed by atoms with Crippen molar-refractivity contribution >= 4 is 16.6 Å². The Morgan fingerprint density at radius 2 is 1.80 bits per heavy atom. The number of nitrogens with zero attached hydrogens (tertiary/aromatic N) is 1. The van der Waals surface area contributed by atoms with Gasteiger partial charge in [0, 0.05) is 23.8 Å². The van der Waals surface area contributed by atoms with Gasteiger partial charge in [0.25, 0.3) is 0 Å². The average Bonchev–Trinajstić information content (AvgIpc) is 2.53. The molecule has 1 heterocycles. The second kappa shape index (κ2) is 6.25. The first-order valence-corrected chi connectivity index (χ1v) is 7.94. The summed E-state index contributed by atoms with van der Waals surface area (Å²) in [7, 11) is 0. The molecule has 1 aromatic heterocycles. The van der Waals surface area contributed by atoms with Crippen LogP contribution in [-0.2, 0) is 0 Å². The largest absolute Gasteiger partial charge is 0.384 e. The predicted octanol–water partition coefficient (Wildman–Crippen LogP) is 4.86. The summed E-state index contributed by atoms with van der Waals surface area (Å²) in [6.07, 6.45) is 8.86. The number of aromatic nitrogens is 1. The molecule has 0 radical (unpaired) electrons. The van der Waals surface area contributed by atoms with Gasteiger partial charge >= 0.3 is 0 Å². The zero-order valence-electron chi connectivity index (χ0n) is 12.3. The molecule has 1 aliphatic rings. The minimum Gasteiger partial charge on any atom is -0.384 e. The number of benzene rings is 1. The van der Waals surface area contributed by atoms with Crippen molar-refractivity contribution in [3.63, 3.8) is 0 Å². The van der Waals surface area contributed by atoms with Gasteiger partial charge in [-0.25, -0.2) is 0 Å². The average molecular weight is 268 g/mol. The summed E-state index contributed by atoms with van der Waals surface area (Å²) in [4.78, 5) is 4.42. The fraction of sp³-hybridized carbons (Fsp3) is 0.500. The zero-order valence-corrected chi connectivity index (χ0v) is 12.3. The van der Waals surface area contributed by atoms with E-state index in [0.29, 0.717) is 0 Å². The highest BCUT2D eigenvalue weighted by atomic mass is 14.9. The molecule has 1 fully saturated rings. The number of nitrogens with one attached hydrogen (secondary N) is 1. The monoisotopic (exact) mass is 268 g/mol. The molecule has 0 amide bonds. The van der Waals surface area contributed by atoms with E-state index in [1.54, 1.807) is 0 Å². The minimum absolute atomic E-state index is 0.838. The number of rotatable bonds is 4. The first-order valence-electron chi connectivity index (χ1n) is 7.94. The van der Waals surface area contributed by atoms with Crippen LogP contribution in [0.3, 0.4) is 0 Å². The molecule has 3 rings (SSSR count). The lowest BCUT2D eigenvalue weighted by molar-refractivity contribution is 0.278. The Bertz CT molecular complexity index is 551. The summed E-state index contributed by atoms with van der Waals surface area (Å²) in [5.41, 5.74) is 2.31. The molecule has 106 valence electrons.